The van der Waals surface area contributed by atoms with Crippen molar-refractivity contribution < 1.29 is 0 Å². The third-order valence-electron chi connectivity index (χ3n) is 2.48. The maximum atomic E-state index is 4.62. The molecule has 0 unspecified atom stereocenters. The molecular formula is C12H20N2. The quantitative estimate of drug-likeness (QED) is 0.731. The van der Waals surface area contributed by atoms with Crippen LogP contribution in [0.4, 0.5) is 5.82 Å². The fourth-order valence-corrected chi connectivity index (χ4v) is 1.22. The van der Waals surface area contributed by atoms with Crippen molar-refractivity contribution >= 4 is 5.82 Å². The first-order valence-electron chi connectivity index (χ1n) is 5.22. The first-order valence-corrected chi connectivity index (χ1v) is 5.22. The lowest BCUT2D eigenvalue weighted by atomic mass is 10.1. The van der Waals surface area contributed by atoms with E-state index in [0.717, 1.165) is 11.5 Å². The summed E-state index contributed by atoms with van der Waals surface area (Å²) in [5.74, 6) is 1.56. The summed E-state index contributed by atoms with van der Waals surface area (Å²) in [7, 11) is 2.08. The summed E-state index contributed by atoms with van der Waals surface area (Å²) in [6.07, 6.45) is 0. The number of rotatable bonds is 3. The van der Waals surface area contributed by atoms with Gasteiger partial charge in [0.2, 0.25) is 0 Å². The van der Waals surface area contributed by atoms with E-state index in [1.165, 1.54) is 0 Å². The number of pyridine rings is 1. The van der Waals surface area contributed by atoms with Crippen LogP contribution in [0.3, 0.4) is 0 Å². The molecule has 0 aliphatic rings. The maximum absolute atomic E-state index is 4.62. The van der Waals surface area contributed by atoms with Crippen molar-refractivity contribution in [2.24, 2.45) is 0 Å². The Morgan fingerprint density at radius 1 is 1.14 bits per heavy atom. The number of nitrogens with zero attached hydrogens (tertiary/aromatic N) is 2. The van der Waals surface area contributed by atoms with Crippen LogP contribution in [0, 0.1) is 0 Å². The third kappa shape index (κ3) is 2.47. The van der Waals surface area contributed by atoms with E-state index in [1.54, 1.807) is 0 Å². The molecule has 0 N–H and O–H groups in total. The largest absolute Gasteiger partial charge is 0.357 e. The average molecular weight is 192 g/mol. The van der Waals surface area contributed by atoms with Gasteiger partial charge in [-0.05, 0) is 31.9 Å². The van der Waals surface area contributed by atoms with Gasteiger partial charge in [0.25, 0.3) is 0 Å². The summed E-state index contributed by atoms with van der Waals surface area (Å²) in [5, 5.41) is 0. The number of hydrogen-bond acceptors (Lipinski definition) is 2. The highest BCUT2D eigenvalue weighted by Gasteiger charge is 2.07. The molecule has 0 aliphatic carbocycles. The monoisotopic (exact) mass is 192 g/mol. The maximum Gasteiger partial charge on any atom is 0.128 e. The van der Waals surface area contributed by atoms with Gasteiger partial charge in [0.1, 0.15) is 5.82 Å². The number of hydrogen-bond donors (Lipinski definition) is 0. The van der Waals surface area contributed by atoms with Gasteiger partial charge in [0.15, 0.2) is 0 Å². The summed E-state index contributed by atoms with van der Waals surface area (Å²) < 4.78 is 0. The molecule has 1 rings (SSSR count). The Morgan fingerprint density at radius 2 is 1.79 bits per heavy atom. The van der Waals surface area contributed by atoms with Crippen LogP contribution < -0.4 is 4.90 Å². The minimum Gasteiger partial charge on any atom is -0.357 e. The molecule has 14 heavy (non-hydrogen) atoms. The zero-order valence-corrected chi connectivity index (χ0v) is 9.78. The second-order valence-corrected chi connectivity index (χ2v) is 4.28. The molecule has 1 heterocycles. The SMILES string of the molecule is CC(C)c1cccc(N(C)C(C)C)n1. The van der Waals surface area contributed by atoms with Crippen molar-refractivity contribution in [2.75, 3.05) is 11.9 Å². The van der Waals surface area contributed by atoms with Gasteiger partial charge in [-0.3, -0.25) is 0 Å². The summed E-state index contributed by atoms with van der Waals surface area (Å²) in [6, 6.07) is 6.72. The van der Waals surface area contributed by atoms with Crippen molar-refractivity contribution in [3.63, 3.8) is 0 Å². The van der Waals surface area contributed by atoms with Crippen LogP contribution in [0.2, 0.25) is 0 Å². The molecule has 2 heteroatoms. The van der Waals surface area contributed by atoms with Gasteiger partial charge in [-0.25, -0.2) is 4.98 Å². The molecule has 78 valence electrons. The van der Waals surface area contributed by atoms with E-state index in [4.69, 9.17) is 0 Å². The van der Waals surface area contributed by atoms with E-state index in [9.17, 15) is 0 Å². The van der Waals surface area contributed by atoms with Gasteiger partial charge >= 0.3 is 0 Å². The van der Waals surface area contributed by atoms with Gasteiger partial charge in [0.05, 0.1) is 0 Å². The first kappa shape index (κ1) is 11.0. The average Bonchev–Trinajstić information content (AvgIpc) is 2.16. The van der Waals surface area contributed by atoms with E-state index in [2.05, 4.69) is 62.8 Å². The summed E-state index contributed by atoms with van der Waals surface area (Å²) in [4.78, 5) is 6.81. The van der Waals surface area contributed by atoms with Crippen LogP contribution in [0.5, 0.6) is 0 Å². The third-order valence-corrected chi connectivity index (χ3v) is 2.48. The Labute approximate surface area is 87.0 Å². The smallest absolute Gasteiger partial charge is 0.128 e. The van der Waals surface area contributed by atoms with Gasteiger partial charge in [0, 0.05) is 18.8 Å². The number of anilines is 1. The molecular weight excluding hydrogens is 172 g/mol. The van der Waals surface area contributed by atoms with Crippen molar-refractivity contribution in [3.05, 3.63) is 23.9 Å². The van der Waals surface area contributed by atoms with E-state index in [-0.39, 0.29) is 0 Å². The summed E-state index contributed by atoms with van der Waals surface area (Å²) in [6.45, 7) is 8.68. The highest BCUT2D eigenvalue weighted by molar-refractivity contribution is 5.39. The molecule has 0 atom stereocenters. The molecule has 2 nitrogen and oxygen atoms in total. The van der Waals surface area contributed by atoms with Gasteiger partial charge in [-0.15, -0.1) is 0 Å². The van der Waals surface area contributed by atoms with Crippen LogP contribution in [-0.2, 0) is 0 Å². The predicted molar refractivity (Wildman–Crippen MR) is 61.9 cm³/mol. The highest BCUT2D eigenvalue weighted by atomic mass is 15.2. The fourth-order valence-electron chi connectivity index (χ4n) is 1.22. The second-order valence-electron chi connectivity index (χ2n) is 4.28. The molecule has 0 radical (unpaired) electrons. The normalized spacial score (nSPS) is 11.1. The molecule has 0 spiro atoms. The Hall–Kier alpha value is -1.05. The van der Waals surface area contributed by atoms with E-state index >= 15 is 0 Å². The molecule has 0 aromatic carbocycles. The van der Waals surface area contributed by atoms with Crippen LogP contribution >= 0.6 is 0 Å². The minimum absolute atomic E-state index is 0.491. The topological polar surface area (TPSA) is 16.1 Å². The van der Waals surface area contributed by atoms with Gasteiger partial charge in [-0.1, -0.05) is 19.9 Å². The van der Waals surface area contributed by atoms with E-state index < -0.39 is 0 Å². The molecule has 0 fully saturated rings. The lowest BCUT2D eigenvalue weighted by Gasteiger charge is -2.23. The highest BCUT2D eigenvalue weighted by Crippen LogP contribution is 2.17. The van der Waals surface area contributed by atoms with Crippen LogP contribution in [0.25, 0.3) is 0 Å². The Bertz CT molecular complexity index is 292. The van der Waals surface area contributed by atoms with Crippen molar-refractivity contribution in [3.8, 4) is 0 Å². The van der Waals surface area contributed by atoms with Gasteiger partial charge in [-0.2, -0.15) is 0 Å². The van der Waals surface area contributed by atoms with Crippen molar-refractivity contribution in [1.29, 1.82) is 0 Å². The molecule has 1 aromatic heterocycles. The minimum atomic E-state index is 0.491. The van der Waals surface area contributed by atoms with Gasteiger partial charge < -0.3 is 4.90 Å². The molecule has 1 aromatic rings. The second kappa shape index (κ2) is 4.45. The molecule has 0 amide bonds. The Morgan fingerprint density at radius 3 is 2.29 bits per heavy atom. The molecule has 0 saturated heterocycles. The van der Waals surface area contributed by atoms with E-state index in [1.807, 2.05) is 0 Å². The first-order chi connectivity index (χ1) is 6.52. The standard InChI is InChI=1S/C12H20N2/c1-9(2)11-7-6-8-12(13-11)14(5)10(3)4/h6-10H,1-5H3. The molecule has 0 aliphatic heterocycles. The number of aromatic nitrogens is 1. The van der Waals surface area contributed by atoms with Crippen molar-refractivity contribution in [2.45, 2.75) is 39.7 Å². The molecule has 0 bridgehead atoms. The molecule has 0 saturated carbocycles. The lowest BCUT2D eigenvalue weighted by Crippen LogP contribution is -2.26. The van der Waals surface area contributed by atoms with Crippen LogP contribution in [0.1, 0.15) is 39.3 Å². The van der Waals surface area contributed by atoms with E-state index in [0.29, 0.717) is 12.0 Å². The van der Waals surface area contributed by atoms with Crippen molar-refractivity contribution in [1.82, 2.24) is 4.98 Å². The summed E-state index contributed by atoms with van der Waals surface area (Å²) >= 11 is 0. The Kier molecular flexibility index (Phi) is 3.50. The zero-order chi connectivity index (χ0) is 10.7. The van der Waals surface area contributed by atoms with Crippen LogP contribution in [-0.4, -0.2) is 18.1 Å². The zero-order valence-electron chi connectivity index (χ0n) is 9.78. The van der Waals surface area contributed by atoms with Crippen LogP contribution in [0.15, 0.2) is 18.2 Å². The fraction of sp³-hybridized carbons (Fsp3) is 0.583. The Balaban J connectivity index is 2.93. The predicted octanol–water partition coefficient (Wildman–Crippen LogP) is 3.05. The summed E-state index contributed by atoms with van der Waals surface area (Å²) in [5.41, 5.74) is 1.16. The lowest BCUT2D eigenvalue weighted by molar-refractivity contribution is 0.732.